The topological polar surface area (TPSA) is 80.3 Å². The van der Waals surface area contributed by atoms with E-state index < -0.39 is 0 Å². The summed E-state index contributed by atoms with van der Waals surface area (Å²) >= 11 is 1.40. The van der Waals surface area contributed by atoms with E-state index in [4.69, 9.17) is 4.74 Å². The summed E-state index contributed by atoms with van der Waals surface area (Å²) in [6, 6.07) is 6.87. The fraction of sp³-hybridized carbons (Fsp3) is 0.312. The standard InChI is InChI=1S/C16H19N3O3S/c1-11-10-23-16(18-11)19-14(20)4-3-9-17-15(21)12-5-7-13(22-2)8-6-12/h5-8,10H,3-4,9H2,1-2H3,(H,17,21)(H,18,19,20). The predicted molar refractivity (Wildman–Crippen MR) is 90.0 cm³/mol. The number of carbonyl (C=O) groups excluding carboxylic acids is 2. The number of nitrogens with zero attached hydrogens (tertiary/aromatic N) is 1. The Morgan fingerprint density at radius 2 is 2.00 bits per heavy atom. The van der Waals surface area contributed by atoms with E-state index >= 15 is 0 Å². The monoisotopic (exact) mass is 333 g/mol. The zero-order valence-corrected chi connectivity index (χ0v) is 13.9. The summed E-state index contributed by atoms with van der Waals surface area (Å²) < 4.78 is 5.04. The van der Waals surface area contributed by atoms with Gasteiger partial charge in [0, 0.05) is 23.9 Å². The largest absolute Gasteiger partial charge is 0.497 e. The van der Waals surface area contributed by atoms with Crippen LogP contribution in [0.15, 0.2) is 29.6 Å². The van der Waals surface area contributed by atoms with Gasteiger partial charge in [-0.3, -0.25) is 9.59 Å². The van der Waals surface area contributed by atoms with E-state index in [1.165, 1.54) is 11.3 Å². The smallest absolute Gasteiger partial charge is 0.251 e. The number of ether oxygens (including phenoxy) is 1. The van der Waals surface area contributed by atoms with E-state index in [0.717, 1.165) is 5.69 Å². The summed E-state index contributed by atoms with van der Waals surface area (Å²) in [5, 5.41) is 8.01. The molecule has 0 radical (unpaired) electrons. The fourth-order valence-electron chi connectivity index (χ4n) is 1.89. The third-order valence-electron chi connectivity index (χ3n) is 3.08. The van der Waals surface area contributed by atoms with Crippen molar-refractivity contribution in [3.05, 3.63) is 40.9 Å². The average Bonchev–Trinajstić information content (AvgIpc) is 2.96. The summed E-state index contributed by atoms with van der Waals surface area (Å²) in [5.74, 6) is 0.442. The average molecular weight is 333 g/mol. The summed E-state index contributed by atoms with van der Waals surface area (Å²) in [4.78, 5) is 27.8. The molecule has 2 N–H and O–H groups in total. The van der Waals surface area contributed by atoms with E-state index in [2.05, 4.69) is 15.6 Å². The molecule has 0 atom stereocenters. The van der Waals surface area contributed by atoms with E-state index in [-0.39, 0.29) is 11.8 Å². The normalized spacial score (nSPS) is 10.2. The summed E-state index contributed by atoms with van der Waals surface area (Å²) in [6.07, 6.45) is 0.902. The van der Waals surface area contributed by atoms with Gasteiger partial charge in [-0.15, -0.1) is 11.3 Å². The fourth-order valence-corrected chi connectivity index (χ4v) is 2.59. The molecule has 0 aliphatic heterocycles. The van der Waals surface area contributed by atoms with Gasteiger partial charge in [0.25, 0.3) is 5.91 Å². The van der Waals surface area contributed by atoms with E-state index in [9.17, 15) is 9.59 Å². The maximum absolute atomic E-state index is 11.9. The molecular formula is C16H19N3O3S. The number of aromatic nitrogens is 1. The van der Waals surface area contributed by atoms with Gasteiger partial charge >= 0.3 is 0 Å². The van der Waals surface area contributed by atoms with Crippen molar-refractivity contribution in [1.29, 1.82) is 0 Å². The van der Waals surface area contributed by atoms with Crippen LogP contribution >= 0.6 is 11.3 Å². The molecule has 0 saturated heterocycles. The van der Waals surface area contributed by atoms with Crippen LogP contribution in [0.25, 0.3) is 0 Å². The number of thiazole rings is 1. The second-order valence-corrected chi connectivity index (χ2v) is 5.79. The number of aryl methyl sites for hydroxylation is 1. The van der Waals surface area contributed by atoms with Crippen LogP contribution in [0.5, 0.6) is 5.75 Å². The quantitative estimate of drug-likeness (QED) is 0.763. The highest BCUT2D eigenvalue weighted by Gasteiger charge is 2.07. The van der Waals surface area contributed by atoms with E-state index in [1.807, 2.05) is 12.3 Å². The van der Waals surface area contributed by atoms with Crippen molar-refractivity contribution in [3.63, 3.8) is 0 Å². The molecule has 0 aliphatic carbocycles. The number of hydrogen-bond donors (Lipinski definition) is 2. The molecule has 23 heavy (non-hydrogen) atoms. The number of nitrogens with one attached hydrogen (secondary N) is 2. The lowest BCUT2D eigenvalue weighted by molar-refractivity contribution is -0.116. The second kappa shape index (κ2) is 8.28. The van der Waals surface area contributed by atoms with Gasteiger partial charge in [0.15, 0.2) is 5.13 Å². The number of anilines is 1. The van der Waals surface area contributed by atoms with Crippen molar-refractivity contribution in [2.24, 2.45) is 0 Å². The summed E-state index contributed by atoms with van der Waals surface area (Å²) in [7, 11) is 1.58. The van der Waals surface area contributed by atoms with Crippen molar-refractivity contribution in [1.82, 2.24) is 10.3 Å². The highest BCUT2D eigenvalue weighted by atomic mass is 32.1. The van der Waals surface area contributed by atoms with Crippen molar-refractivity contribution in [3.8, 4) is 5.75 Å². The Morgan fingerprint density at radius 1 is 1.26 bits per heavy atom. The van der Waals surface area contributed by atoms with Gasteiger partial charge in [-0.05, 0) is 37.6 Å². The number of carbonyl (C=O) groups is 2. The molecule has 0 aliphatic rings. The molecule has 1 aromatic heterocycles. The van der Waals surface area contributed by atoms with Crippen molar-refractivity contribution >= 4 is 28.3 Å². The Bertz CT molecular complexity index is 667. The number of benzene rings is 1. The van der Waals surface area contributed by atoms with Crippen LogP contribution in [0.2, 0.25) is 0 Å². The molecule has 0 bridgehead atoms. The van der Waals surface area contributed by atoms with Crippen LogP contribution in [-0.4, -0.2) is 30.5 Å². The van der Waals surface area contributed by atoms with Gasteiger partial charge in [-0.25, -0.2) is 4.98 Å². The molecule has 122 valence electrons. The Kier molecular flexibility index (Phi) is 6.10. The Labute approximate surface area is 138 Å². The first-order valence-corrected chi connectivity index (χ1v) is 8.10. The van der Waals surface area contributed by atoms with Crippen molar-refractivity contribution < 1.29 is 14.3 Å². The Morgan fingerprint density at radius 3 is 2.61 bits per heavy atom. The molecular weight excluding hydrogens is 314 g/mol. The Hall–Kier alpha value is -2.41. The minimum Gasteiger partial charge on any atom is -0.497 e. The lowest BCUT2D eigenvalue weighted by atomic mass is 10.2. The van der Waals surface area contributed by atoms with Gasteiger partial charge in [0.05, 0.1) is 12.8 Å². The van der Waals surface area contributed by atoms with Gasteiger partial charge in [-0.2, -0.15) is 0 Å². The molecule has 6 nitrogen and oxygen atoms in total. The van der Waals surface area contributed by atoms with Gasteiger partial charge < -0.3 is 15.4 Å². The maximum atomic E-state index is 11.9. The molecule has 1 aromatic carbocycles. The third kappa shape index (κ3) is 5.37. The van der Waals surface area contributed by atoms with Crippen LogP contribution in [-0.2, 0) is 4.79 Å². The van der Waals surface area contributed by atoms with Crippen molar-refractivity contribution in [2.75, 3.05) is 19.0 Å². The van der Waals surface area contributed by atoms with E-state index in [0.29, 0.717) is 35.8 Å². The predicted octanol–water partition coefficient (Wildman–Crippen LogP) is 2.61. The highest BCUT2D eigenvalue weighted by molar-refractivity contribution is 7.13. The number of amides is 2. The highest BCUT2D eigenvalue weighted by Crippen LogP contribution is 2.14. The number of rotatable bonds is 7. The van der Waals surface area contributed by atoms with Crippen LogP contribution in [0.4, 0.5) is 5.13 Å². The maximum Gasteiger partial charge on any atom is 0.251 e. The second-order valence-electron chi connectivity index (χ2n) is 4.93. The van der Waals surface area contributed by atoms with Crippen LogP contribution < -0.4 is 15.4 Å². The molecule has 0 unspecified atom stereocenters. The van der Waals surface area contributed by atoms with Crippen molar-refractivity contribution in [2.45, 2.75) is 19.8 Å². The molecule has 0 fully saturated rings. The third-order valence-corrected chi connectivity index (χ3v) is 3.96. The number of hydrogen-bond acceptors (Lipinski definition) is 5. The molecule has 7 heteroatoms. The minimum atomic E-state index is -0.163. The van der Waals surface area contributed by atoms with Gasteiger partial charge in [0.2, 0.25) is 5.91 Å². The van der Waals surface area contributed by atoms with Crippen LogP contribution in [0.3, 0.4) is 0 Å². The molecule has 0 spiro atoms. The Balaban J connectivity index is 1.67. The summed E-state index contributed by atoms with van der Waals surface area (Å²) in [6.45, 7) is 2.32. The van der Waals surface area contributed by atoms with E-state index in [1.54, 1.807) is 31.4 Å². The van der Waals surface area contributed by atoms with Crippen LogP contribution in [0, 0.1) is 6.92 Å². The number of methoxy groups -OCH3 is 1. The zero-order valence-electron chi connectivity index (χ0n) is 13.1. The summed E-state index contributed by atoms with van der Waals surface area (Å²) in [5.41, 5.74) is 1.45. The zero-order chi connectivity index (χ0) is 16.7. The molecule has 2 amide bonds. The first-order chi connectivity index (χ1) is 11.1. The van der Waals surface area contributed by atoms with Gasteiger partial charge in [0.1, 0.15) is 5.75 Å². The SMILES string of the molecule is COc1ccc(C(=O)NCCCC(=O)Nc2nc(C)cs2)cc1. The molecule has 0 saturated carbocycles. The lowest BCUT2D eigenvalue weighted by Crippen LogP contribution is -2.25. The molecule has 2 aromatic rings. The van der Waals surface area contributed by atoms with Gasteiger partial charge in [-0.1, -0.05) is 0 Å². The lowest BCUT2D eigenvalue weighted by Gasteiger charge is -2.06. The first-order valence-electron chi connectivity index (χ1n) is 7.22. The van der Waals surface area contributed by atoms with Crippen LogP contribution in [0.1, 0.15) is 28.9 Å². The molecule has 1 heterocycles. The molecule has 2 rings (SSSR count). The minimum absolute atomic E-state index is 0.0990. The first kappa shape index (κ1) is 17.0.